The Labute approximate surface area is 80.3 Å². The fourth-order valence-corrected chi connectivity index (χ4v) is 3.16. The van der Waals surface area contributed by atoms with Crippen molar-refractivity contribution in [2.75, 3.05) is 13.6 Å². The van der Waals surface area contributed by atoms with Gasteiger partial charge in [-0.15, -0.1) is 0 Å². The number of hydrogen-bond acceptors (Lipinski definition) is 1. The van der Waals surface area contributed by atoms with E-state index in [1.165, 1.54) is 19.3 Å². The third kappa shape index (κ3) is 1.18. The van der Waals surface area contributed by atoms with Crippen LogP contribution in [0.2, 0.25) is 0 Å². The van der Waals surface area contributed by atoms with Crippen LogP contribution in [0.25, 0.3) is 0 Å². The average molecular weight is 181 g/mol. The lowest BCUT2D eigenvalue weighted by Crippen LogP contribution is -2.48. The standard InChI is InChI=1S/C11H19NO/c1-9-5-3-6-11(9)7-4-8-12(2)10(11)13/h9H,3-8H2,1-2H3/t9-,11-/m0/s1. The van der Waals surface area contributed by atoms with Crippen molar-refractivity contribution in [1.82, 2.24) is 4.90 Å². The van der Waals surface area contributed by atoms with Crippen LogP contribution in [-0.2, 0) is 4.79 Å². The normalized spacial score (nSPS) is 40.3. The van der Waals surface area contributed by atoms with E-state index in [1.54, 1.807) is 0 Å². The van der Waals surface area contributed by atoms with Gasteiger partial charge < -0.3 is 4.90 Å². The fraction of sp³-hybridized carbons (Fsp3) is 0.909. The van der Waals surface area contributed by atoms with Gasteiger partial charge >= 0.3 is 0 Å². The summed E-state index contributed by atoms with van der Waals surface area (Å²) in [4.78, 5) is 14.0. The molecule has 1 aliphatic heterocycles. The molecule has 13 heavy (non-hydrogen) atoms. The largest absolute Gasteiger partial charge is 0.345 e. The molecule has 0 aromatic carbocycles. The number of amides is 1. The fourth-order valence-electron chi connectivity index (χ4n) is 3.16. The summed E-state index contributed by atoms with van der Waals surface area (Å²) in [6, 6.07) is 0. The molecule has 1 heterocycles. The maximum atomic E-state index is 12.1. The Bertz CT molecular complexity index is 226. The Morgan fingerprint density at radius 3 is 2.69 bits per heavy atom. The zero-order chi connectivity index (χ0) is 9.47. The van der Waals surface area contributed by atoms with Crippen molar-refractivity contribution in [3.8, 4) is 0 Å². The Kier molecular flexibility index (Phi) is 2.09. The monoisotopic (exact) mass is 181 g/mol. The summed E-state index contributed by atoms with van der Waals surface area (Å²) in [5.74, 6) is 1.03. The van der Waals surface area contributed by atoms with Crippen LogP contribution in [-0.4, -0.2) is 24.4 Å². The number of carbonyl (C=O) groups excluding carboxylic acids is 1. The molecule has 1 aliphatic carbocycles. The predicted molar refractivity (Wildman–Crippen MR) is 52.3 cm³/mol. The average Bonchev–Trinajstić information content (AvgIpc) is 2.45. The van der Waals surface area contributed by atoms with E-state index in [0.717, 1.165) is 19.4 Å². The second kappa shape index (κ2) is 3.00. The molecule has 0 unspecified atom stereocenters. The summed E-state index contributed by atoms with van der Waals surface area (Å²) in [5, 5.41) is 0. The Hall–Kier alpha value is -0.530. The summed E-state index contributed by atoms with van der Waals surface area (Å²) >= 11 is 0. The molecule has 2 rings (SSSR count). The summed E-state index contributed by atoms with van der Waals surface area (Å²) in [6.07, 6.45) is 5.97. The molecular formula is C11H19NO. The molecule has 2 nitrogen and oxygen atoms in total. The van der Waals surface area contributed by atoms with E-state index in [0.29, 0.717) is 11.8 Å². The van der Waals surface area contributed by atoms with E-state index < -0.39 is 0 Å². The Morgan fingerprint density at radius 2 is 2.08 bits per heavy atom. The molecule has 2 aliphatic rings. The van der Waals surface area contributed by atoms with E-state index in [4.69, 9.17) is 0 Å². The first-order valence-corrected chi connectivity index (χ1v) is 5.42. The van der Waals surface area contributed by atoms with Crippen molar-refractivity contribution in [2.24, 2.45) is 11.3 Å². The van der Waals surface area contributed by atoms with Crippen LogP contribution in [0.5, 0.6) is 0 Å². The molecule has 0 bridgehead atoms. The van der Waals surface area contributed by atoms with Crippen molar-refractivity contribution < 1.29 is 4.79 Å². The van der Waals surface area contributed by atoms with Crippen molar-refractivity contribution in [3.63, 3.8) is 0 Å². The summed E-state index contributed by atoms with van der Waals surface area (Å²) in [6.45, 7) is 3.22. The van der Waals surface area contributed by atoms with Crippen LogP contribution < -0.4 is 0 Å². The van der Waals surface area contributed by atoms with Gasteiger partial charge in [0.1, 0.15) is 0 Å². The number of likely N-dealkylation sites (tertiary alicyclic amines) is 1. The first kappa shape index (κ1) is 9.04. The molecule has 1 saturated heterocycles. The van der Waals surface area contributed by atoms with E-state index in [2.05, 4.69) is 6.92 Å². The smallest absolute Gasteiger partial charge is 0.228 e. The first-order chi connectivity index (χ1) is 6.17. The number of carbonyl (C=O) groups is 1. The van der Waals surface area contributed by atoms with E-state index in [-0.39, 0.29) is 5.41 Å². The molecule has 2 atom stereocenters. The van der Waals surface area contributed by atoms with E-state index in [1.807, 2.05) is 11.9 Å². The lowest BCUT2D eigenvalue weighted by molar-refractivity contribution is -0.147. The quantitative estimate of drug-likeness (QED) is 0.560. The molecule has 0 radical (unpaired) electrons. The van der Waals surface area contributed by atoms with Crippen LogP contribution in [0.1, 0.15) is 39.0 Å². The second-order valence-electron chi connectivity index (χ2n) is 4.78. The van der Waals surface area contributed by atoms with Gasteiger partial charge in [-0.05, 0) is 31.6 Å². The van der Waals surface area contributed by atoms with Crippen molar-refractivity contribution >= 4 is 5.91 Å². The Morgan fingerprint density at radius 1 is 1.38 bits per heavy atom. The Balaban J connectivity index is 2.24. The zero-order valence-electron chi connectivity index (χ0n) is 8.68. The SMILES string of the molecule is C[C@H]1CCC[C@]12CCCN(C)C2=O. The lowest BCUT2D eigenvalue weighted by atomic mass is 9.72. The van der Waals surface area contributed by atoms with Gasteiger partial charge in [0.15, 0.2) is 0 Å². The van der Waals surface area contributed by atoms with Crippen molar-refractivity contribution in [3.05, 3.63) is 0 Å². The molecule has 2 fully saturated rings. The van der Waals surface area contributed by atoms with Crippen molar-refractivity contribution in [2.45, 2.75) is 39.0 Å². The minimum absolute atomic E-state index is 0.0486. The summed E-state index contributed by atoms with van der Waals surface area (Å²) < 4.78 is 0. The molecule has 1 amide bonds. The first-order valence-electron chi connectivity index (χ1n) is 5.42. The van der Waals surface area contributed by atoms with Gasteiger partial charge in [0, 0.05) is 13.6 Å². The number of hydrogen-bond donors (Lipinski definition) is 0. The highest BCUT2D eigenvalue weighted by Gasteiger charge is 2.48. The van der Waals surface area contributed by atoms with Crippen LogP contribution in [0.3, 0.4) is 0 Å². The molecule has 2 heteroatoms. The van der Waals surface area contributed by atoms with E-state index >= 15 is 0 Å². The zero-order valence-corrected chi connectivity index (χ0v) is 8.68. The highest BCUT2D eigenvalue weighted by Crippen LogP contribution is 2.49. The molecule has 0 aromatic rings. The van der Waals surface area contributed by atoms with Crippen LogP contribution in [0, 0.1) is 11.3 Å². The molecule has 0 N–H and O–H groups in total. The van der Waals surface area contributed by atoms with Crippen LogP contribution >= 0.6 is 0 Å². The van der Waals surface area contributed by atoms with Gasteiger partial charge in [-0.3, -0.25) is 4.79 Å². The van der Waals surface area contributed by atoms with Gasteiger partial charge in [0.05, 0.1) is 5.41 Å². The second-order valence-corrected chi connectivity index (χ2v) is 4.78. The van der Waals surface area contributed by atoms with Gasteiger partial charge in [-0.1, -0.05) is 13.3 Å². The highest BCUT2D eigenvalue weighted by atomic mass is 16.2. The minimum Gasteiger partial charge on any atom is -0.345 e. The number of piperidine rings is 1. The predicted octanol–water partition coefficient (Wildman–Crippen LogP) is 2.04. The molecular weight excluding hydrogens is 162 g/mol. The van der Waals surface area contributed by atoms with Gasteiger partial charge in [0.2, 0.25) is 5.91 Å². The molecule has 0 aromatic heterocycles. The summed E-state index contributed by atoms with van der Waals surface area (Å²) in [5.41, 5.74) is 0.0486. The molecule has 1 spiro atoms. The summed E-state index contributed by atoms with van der Waals surface area (Å²) in [7, 11) is 1.95. The van der Waals surface area contributed by atoms with Crippen LogP contribution in [0.15, 0.2) is 0 Å². The lowest BCUT2D eigenvalue weighted by Gasteiger charge is -2.40. The number of rotatable bonds is 0. The van der Waals surface area contributed by atoms with Crippen LogP contribution in [0.4, 0.5) is 0 Å². The van der Waals surface area contributed by atoms with Gasteiger partial charge in [0.25, 0.3) is 0 Å². The maximum absolute atomic E-state index is 12.1. The number of nitrogens with zero attached hydrogens (tertiary/aromatic N) is 1. The highest BCUT2D eigenvalue weighted by molar-refractivity contribution is 5.83. The molecule has 74 valence electrons. The maximum Gasteiger partial charge on any atom is 0.228 e. The molecule has 1 saturated carbocycles. The van der Waals surface area contributed by atoms with E-state index in [9.17, 15) is 4.79 Å². The van der Waals surface area contributed by atoms with Gasteiger partial charge in [-0.25, -0.2) is 0 Å². The third-order valence-electron chi connectivity index (χ3n) is 4.09. The third-order valence-corrected chi connectivity index (χ3v) is 4.09. The van der Waals surface area contributed by atoms with Crippen molar-refractivity contribution in [1.29, 1.82) is 0 Å². The topological polar surface area (TPSA) is 20.3 Å². The van der Waals surface area contributed by atoms with Gasteiger partial charge in [-0.2, -0.15) is 0 Å². The minimum atomic E-state index is 0.0486.